The van der Waals surface area contributed by atoms with Crippen LogP contribution in [0.2, 0.25) is 10.0 Å². The average molecular weight is 825 g/mol. The number of halogens is 2. The highest BCUT2D eigenvalue weighted by Gasteiger charge is 2.38. The van der Waals surface area contributed by atoms with E-state index in [2.05, 4.69) is 32.9 Å². The van der Waals surface area contributed by atoms with E-state index in [1.165, 1.54) is 0 Å². The number of amides is 1. The van der Waals surface area contributed by atoms with Gasteiger partial charge in [0.15, 0.2) is 0 Å². The Balaban J connectivity index is 1.23. The lowest BCUT2D eigenvalue weighted by Gasteiger charge is -2.34. The number of aryl methyl sites for hydroxylation is 5. The maximum Gasteiger partial charge on any atom is 0.335 e. The number of carbonyl (C=O) groups excluding carboxylic acids is 1. The number of carbonyl (C=O) groups is 2. The number of hydrogen-bond acceptors (Lipinski definition) is 6. The van der Waals surface area contributed by atoms with E-state index in [0.717, 1.165) is 105 Å². The van der Waals surface area contributed by atoms with Crippen molar-refractivity contribution in [2.75, 3.05) is 57.8 Å². The van der Waals surface area contributed by atoms with Crippen molar-refractivity contribution >= 4 is 62.6 Å². The van der Waals surface area contributed by atoms with Crippen molar-refractivity contribution < 1.29 is 19.4 Å². The van der Waals surface area contributed by atoms with Gasteiger partial charge in [-0.25, -0.2) is 4.79 Å². The van der Waals surface area contributed by atoms with E-state index >= 15 is 4.79 Å². The van der Waals surface area contributed by atoms with E-state index < -0.39 is 5.97 Å². The maximum absolute atomic E-state index is 15.4. The minimum atomic E-state index is -1.00. The monoisotopic (exact) mass is 823 g/mol. The minimum absolute atomic E-state index is 0.130. The molecule has 0 unspecified atom stereocenters. The lowest BCUT2D eigenvalue weighted by atomic mass is 9.98. The molecule has 5 heterocycles. The van der Waals surface area contributed by atoms with E-state index in [9.17, 15) is 9.90 Å². The lowest BCUT2D eigenvalue weighted by Crippen LogP contribution is -2.45. The molecule has 1 saturated heterocycles. The average Bonchev–Trinajstić information content (AvgIpc) is 3.81. The number of fused-ring (bicyclic) bond motifs is 4. The number of aromatic nitrogens is 4. The molecule has 8 rings (SSSR count). The zero-order chi connectivity index (χ0) is 41.2. The van der Waals surface area contributed by atoms with Crippen LogP contribution in [-0.4, -0.2) is 98.6 Å². The van der Waals surface area contributed by atoms with Gasteiger partial charge in [0.1, 0.15) is 11.4 Å². The second kappa shape index (κ2) is 15.7. The summed E-state index contributed by atoms with van der Waals surface area (Å²) in [5.74, 6) is -0.370. The molecule has 1 atom stereocenters. The van der Waals surface area contributed by atoms with Crippen molar-refractivity contribution in [3.8, 4) is 16.9 Å². The summed E-state index contributed by atoms with van der Waals surface area (Å²) in [6, 6.07) is 13.0. The Kier molecular flexibility index (Phi) is 10.9. The van der Waals surface area contributed by atoms with Crippen LogP contribution in [0, 0.1) is 27.7 Å². The molecule has 2 aliphatic heterocycles. The number of carboxylic acid groups (broad SMARTS) is 1. The predicted molar refractivity (Wildman–Crippen MR) is 233 cm³/mol. The van der Waals surface area contributed by atoms with Gasteiger partial charge in [-0.3, -0.25) is 14.4 Å². The van der Waals surface area contributed by atoms with Crippen LogP contribution in [0.4, 0.5) is 5.69 Å². The summed E-state index contributed by atoms with van der Waals surface area (Å²) in [6.45, 7) is 16.6. The third kappa shape index (κ3) is 7.06. The minimum Gasteiger partial charge on any atom is -0.494 e. The number of ether oxygens (including phenoxy) is 1. The Morgan fingerprint density at radius 1 is 0.931 bits per heavy atom. The van der Waals surface area contributed by atoms with E-state index in [1.807, 2.05) is 80.9 Å². The van der Waals surface area contributed by atoms with Gasteiger partial charge in [0.25, 0.3) is 5.91 Å². The largest absolute Gasteiger partial charge is 0.494 e. The number of anilines is 1. The third-order valence-electron chi connectivity index (χ3n) is 12.2. The molecule has 58 heavy (non-hydrogen) atoms. The van der Waals surface area contributed by atoms with Crippen molar-refractivity contribution in [3.05, 3.63) is 98.0 Å². The van der Waals surface area contributed by atoms with E-state index in [4.69, 9.17) is 33.0 Å². The van der Waals surface area contributed by atoms with E-state index in [-0.39, 0.29) is 17.5 Å². The summed E-state index contributed by atoms with van der Waals surface area (Å²) in [5.41, 5.74) is 9.89. The molecule has 0 spiro atoms. The Morgan fingerprint density at radius 3 is 2.33 bits per heavy atom. The SMILES string of the molecule is Cc1cc(OCCCc2c3n(c4c(-c5c(C)nn(C)c5C)c(Cl)ccc24)[C@H](C)CN(c2cn(CCN4CCN(C)CC4)c4ccc(C(=O)O)cc24)C3=O)cc(C)c1Cl. The quantitative estimate of drug-likeness (QED) is 0.131. The molecule has 11 nitrogen and oxygen atoms in total. The van der Waals surface area contributed by atoms with Crippen LogP contribution in [0.3, 0.4) is 0 Å². The van der Waals surface area contributed by atoms with Crippen LogP contribution < -0.4 is 9.64 Å². The topological polar surface area (TPSA) is 101 Å². The molecule has 1 amide bonds. The summed E-state index contributed by atoms with van der Waals surface area (Å²) >= 11 is 13.6. The normalized spacial score (nSPS) is 16.5. The molecule has 3 aromatic carbocycles. The number of likely N-dealkylation sites (N-methyl/N-ethyl adjacent to an activating group) is 1. The summed E-state index contributed by atoms with van der Waals surface area (Å²) in [4.78, 5) is 34.3. The van der Waals surface area contributed by atoms with Gasteiger partial charge in [0.2, 0.25) is 0 Å². The van der Waals surface area contributed by atoms with Crippen LogP contribution in [0.1, 0.15) is 68.3 Å². The van der Waals surface area contributed by atoms with Gasteiger partial charge >= 0.3 is 5.97 Å². The van der Waals surface area contributed by atoms with Crippen LogP contribution in [0.25, 0.3) is 32.9 Å². The van der Waals surface area contributed by atoms with Gasteiger partial charge in [-0.2, -0.15) is 5.10 Å². The zero-order valence-electron chi connectivity index (χ0n) is 34.3. The molecular weight excluding hydrogens is 773 g/mol. The zero-order valence-corrected chi connectivity index (χ0v) is 35.8. The van der Waals surface area contributed by atoms with Crippen molar-refractivity contribution in [1.82, 2.24) is 28.7 Å². The van der Waals surface area contributed by atoms with Gasteiger partial charge in [-0.15, -0.1) is 0 Å². The molecule has 2 aliphatic rings. The Morgan fingerprint density at radius 2 is 1.66 bits per heavy atom. The van der Waals surface area contributed by atoms with Gasteiger partial charge in [-0.1, -0.05) is 29.3 Å². The van der Waals surface area contributed by atoms with Gasteiger partial charge in [0.05, 0.1) is 39.6 Å². The summed E-state index contributed by atoms with van der Waals surface area (Å²) in [7, 11) is 4.08. The van der Waals surface area contributed by atoms with Gasteiger partial charge in [-0.05, 0) is 108 Å². The van der Waals surface area contributed by atoms with E-state index in [0.29, 0.717) is 48.9 Å². The Hall–Kier alpha value is -4.81. The second-order valence-electron chi connectivity index (χ2n) is 16.2. The smallest absolute Gasteiger partial charge is 0.335 e. The fraction of sp³-hybridized carbons (Fsp3) is 0.400. The fourth-order valence-corrected chi connectivity index (χ4v) is 9.43. The number of benzene rings is 3. The van der Waals surface area contributed by atoms with Crippen molar-refractivity contribution in [2.24, 2.45) is 7.05 Å². The van der Waals surface area contributed by atoms with Crippen LogP contribution in [0.5, 0.6) is 5.75 Å². The standard InChI is InChI=1S/C45H51Cl2N7O4/c1-26-21-32(22-27(2)41(26)47)58-20-8-9-33-34-11-12-36(46)40(39-29(4)48-50(7)30(39)5)42(34)54-28(3)24-53(44(55)43(33)54)38-25-52(19-18-51-16-14-49(6)15-17-51)37-13-10-31(45(56)57)23-35(37)38/h10-13,21-23,25,28H,8-9,14-20,24H2,1-7H3,(H,56,57)/t28-/m1/s1. The first-order valence-electron chi connectivity index (χ1n) is 20.1. The van der Waals surface area contributed by atoms with E-state index in [1.54, 1.807) is 12.1 Å². The number of aromatic carboxylic acids is 1. The number of nitrogens with zero attached hydrogens (tertiary/aromatic N) is 7. The molecule has 1 fully saturated rings. The Labute approximate surface area is 349 Å². The van der Waals surface area contributed by atoms with Crippen LogP contribution in [-0.2, 0) is 20.0 Å². The molecule has 0 radical (unpaired) electrons. The summed E-state index contributed by atoms with van der Waals surface area (Å²) in [6.07, 6.45) is 3.28. The molecule has 1 N–H and O–H groups in total. The van der Waals surface area contributed by atoms with Gasteiger partial charge < -0.3 is 28.8 Å². The highest BCUT2D eigenvalue weighted by Crippen LogP contribution is 2.46. The molecule has 13 heteroatoms. The number of hydrogen-bond donors (Lipinski definition) is 1. The molecule has 0 saturated carbocycles. The molecule has 6 aromatic rings. The number of piperazine rings is 1. The highest BCUT2D eigenvalue weighted by molar-refractivity contribution is 6.35. The van der Waals surface area contributed by atoms with Gasteiger partial charge in [0, 0.05) is 97.7 Å². The fourth-order valence-electron chi connectivity index (χ4n) is 9.07. The molecule has 3 aromatic heterocycles. The first-order chi connectivity index (χ1) is 27.7. The van der Waals surface area contributed by atoms with Crippen molar-refractivity contribution in [2.45, 2.75) is 60.0 Å². The number of rotatable bonds is 11. The molecule has 0 bridgehead atoms. The lowest BCUT2D eigenvalue weighted by molar-refractivity contribution is 0.0696. The van der Waals surface area contributed by atoms with Crippen molar-refractivity contribution in [1.29, 1.82) is 0 Å². The first kappa shape index (κ1) is 40.0. The molecular formula is C45H51Cl2N7O4. The maximum atomic E-state index is 15.4. The summed E-state index contributed by atoms with van der Waals surface area (Å²) in [5, 5.41) is 17.9. The van der Waals surface area contributed by atoms with Crippen LogP contribution >= 0.6 is 23.2 Å². The number of carboxylic acids is 1. The second-order valence-corrected chi connectivity index (χ2v) is 16.9. The van der Waals surface area contributed by atoms with Crippen LogP contribution in [0.15, 0.2) is 48.7 Å². The third-order valence-corrected chi connectivity index (χ3v) is 13.1. The highest BCUT2D eigenvalue weighted by atomic mass is 35.5. The Bertz CT molecular complexity index is 2570. The molecule has 0 aliphatic carbocycles. The van der Waals surface area contributed by atoms with Crippen molar-refractivity contribution in [3.63, 3.8) is 0 Å². The molecule has 304 valence electrons. The predicted octanol–water partition coefficient (Wildman–Crippen LogP) is 8.72. The first-order valence-corrected chi connectivity index (χ1v) is 20.8. The summed E-state index contributed by atoms with van der Waals surface area (Å²) < 4.78 is 12.5.